The number of nitrogens with one attached hydrogen (secondary N) is 1. The maximum Gasteiger partial charge on any atom is 0.263 e. The predicted octanol–water partition coefficient (Wildman–Crippen LogP) is 4.18. The average molecular weight is 356 g/mol. The molecule has 0 spiro atoms. The van der Waals surface area contributed by atoms with Gasteiger partial charge in [0.2, 0.25) is 0 Å². The van der Waals surface area contributed by atoms with Gasteiger partial charge in [-0.15, -0.1) is 0 Å². The van der Waals surface area contributed by atoms with Gasteiger partial charge in [0.05, 0.1) is 10.4 Å². The molecule has 0 radical (unpaired) electrons. The highest BCUT2D eigenvalue weighted by Crippen LogP contribution is 2.12. The summed E-state index contributed by atoms with van der Waals surface area (Å²) in [5, 5.41) is 0. The zero-order chi connectivity index (χ0) is 18.5. The van der Waals surface area contributed by atoms with Crippen LogP contribution in [0.1, 0.15) is 31.9 Å². The molecule has 0 aliphatic carbocycles. The number of nitrogens with zero attached hydrogens (tertiary/aromatic N) is 1. The van der Waals surface area contributed by atoms with Crippen molar-refractivity contribution in [3.8, 4) is 0 Å². The molecule has 0 aliphatic heterocycles. The molecule has 0 unspecified atom stereocenters. The fourth-order valence-electron chi connectivity index (χ4n) is 2.11. The van der Waals surface area contributed by atoms with Gasteiger partial charge in [-0.25, -0.2) is 8.42 Å². The summed E-state index contributed by atoms with van der Waals surface area (Å²) in [7, 11) is -3.69. The largest absolute Gasteiger partial charge is 0.264 e. The predicted molar refractivity (Wildman–Crippen MR) is 104 cm³/mol. The van der Waals surface area contributed by atoms with Gasteiger partial charge in [-0.2, -0.15) is 0 Å². The van der Waals surface area contributed by atoms with E-state index in [0.29, 0.717) is 5.84 Å². The molecular weight excluding hydrogens is 332 g/mol. The summed E-state index contributed by atoms with van der Waals surface area (Å²) in [5.74, 6) is 0.303. The quantitative estimate of drug-likeness (QED) is 0.660. The van der Waals surface area contributed by atoms with E-state index >= 15 is 0 Å². The van der Waals surface area contributed by atoms with E-state index in [2.05, 4.69) is 9.71 Å². The molecule has 0 fully saturated rings. The highest BCUT2D eigenvalue weighted by atomic mass is 32.2. The maximum atomic E-state index is 12.6. The van der Waals surface area contributed by atoms with Crippen LogP contribution in [-0.2, 0) is 10.0 Å². The third kappa shape index (κ3) is 6.19. The number of hydrogen-bond acceptors (Lipinski definition) is 3. The minimum absolute atomic E-state index is 0.216. The number of aliphatic imine (C=N–C) groups is 1. The van der Waals surface area contributed by atoms with Crippen LogP contribution in [0.2, 0.25) is 0 Å². The summed E-state index contributed by atoms with van der Waals surface area (Å²) in [6.45, 7) is 7.68. The van der Waals surface area contributed by atoms with Crippen LogP contribution in [0.3, 0.4) is 0 Å². The molecular formula is C20H24N2O2S. The molecule has 0 aromatic heterocycles. The van der Waals surface area contributed by atoms with Crippen LogP contribution in [0.4, 0.5) is 0 Å². The molecule has 0 atom stereocenters. The molecule has 4 nitrogen and oxygen atoms in total. The summed E-state index contributed by atoms with van der Waals surface area (Å²) in [6.07, 6.45) is 3.52. The lowest BCUT2D eigenvalue weighted by Crippen LogP contribution is -2.31. The van der Waals surface area contributed by atoms with Crippen LogP contribution in [0.25, 0.3) is 6.08 Å². The van der Waals surface area contributed by atoms with Crippen molar-refractivity contribution in [1.82, 2.24) is 4.72 Å². The van der Waals surface area contributed by atoms with Crippen molar-refractivity contribution in [3.63, 3.8) is 0 Å². The van der Waals surface area contributed by atoms with Gasteiger partial charge in [-0.1, -0.05) is 54.1 Å². The lowest BCUT2D eigenvalue weighted by Gasteiger charge is -2.16. The zero-order valence-corrected chi connectivity index (χ0v) is 15.8. The van der Waals surface area contributed by atoms with Crippen molar-refractivity contribution in [2.45, 2.75) is 38.1 Å². The molecule has 0 saturated heterocycles. The number of amidine groups is 1. The Morgan fingerprint density at radius 2 is 1.60 bits per heavy atom. The first-order valence-electron chi connectivity index (χ1n) is 8.08. The molecule has 0 bridgehead atoms. The third-order valence-corrected chi connectivity index (χ3v) is 4.63. The number of benzene rings is 2. The van der Waals surface area contributed by atoms with E-state index in [1.807, 2.05) is 64.1 Å². The van der Waals surface area contributed by atoms with Gasteiger partial charge < -0.3 is 0 Å². The van der Waals surface area contributed by atoms with Gasteiger partial charge >= 0.3 is 0 Å². The first kappa shape index (κ1) is 18.9. The molecule has 2 aromatic rings. The molecule has 0 amide bonds. The Balaban J connectivity index is 2.32. The van der Waals surface area contributed by atoms with Crippen molar-refractivity contribution >= 4 is 21.9 Å². The van der Waals surface area contributed by atoms with Gasteiger partial charge in [0.25, 0.3) is 10.0 Å². The second-order valence-electron chi connectivity index (χ2n) is 6.83. The Labute approximate surface area is 150 Å². The fourth-order valence-corrected chi connectivity index (χ4v) is 3.11. The smallest absolute Gasteiger partial charge is 0.263 e. The Hall–Kier alpha value is -2.40. The summed E-state index contributed by atoms with van der Waals surface area (Å²) in [4.78, 5) is 4.71. The fraction of sp³-hybridized carbons (Fsp3) is 0.250. The first-order chi connectivity index (χ1) is 11.7. The molecule has 2 rings (SSSR count). The minimum Gasteiger partial charge on any atom is -0.264 e. The molecule has 1 N–H and O–H groups in total. The second-order valence-corrected chi connectivity index (χ2v) is 8.51. The lowest BCUT2D eigenvalue weighted by molar-refractivity contribution is 0.578. The molecule has 132 valence electrons. The summed E-state index contributed by atoms with van der Waals surface area (Å²) >= 11 is 0. The first-order valence-corrected chi connectivity index (χ1v) is 9.56. The normalized spacial score (nSPS) is 13.2. The van der Waals surface area contributed by atoms with E-state index in [1.165, 1.54) is 0 Å². The number of hydrogen-bond donors (Lipinski definition) is 1. The van der Waals surface area contributed by atoms with E-state index in [0.717, 1.165) is 11.1 Å². The van der Waals surface area contributed by atoms with Crippen molar-refractivity contribution < 1.29 is 8.42 Å². The van der Waals surface area contributed by atoms with Gasteiger partial charge in [0.15, 0.2) is 0 Å². The van der Waals surface area contributed by atoms with Crippen molar-refractivity contribution in [1.29, 1.82) is 0 Å². The standard InChI is InChI=1S/C20H24N2O2S/c1-16-10-13-18(14-11-16)25(23,24)22-19(21-20(2,3)4)15-12-17-8-6-5-7-9-17/h5-15H,1-4H3,(H,21,22)/b15-12+. The third-order valence-electron chi connectivity index (χ3n) is 3.26. The average Bonchev–Trinajstić information content (AvgIpc) is 2.52. The van der Waals surface area contributed by atoms with Crippen LogP contribution >= 0.6 is 0 Å². The van der Waals surface area contributed by atoms with Crippen LogP contribution in [0.15, 0.2) is 70.6 Å². The van der Waals surface area contributed by atoms with E-state index in [-0.39, 0.29) is 4.90 Å². The van der Waals surface area contributed by atoms with Gasteiger partial charge in [0.1, 0.15) is 5.84 Å². The Morgan fingerprint density at radius 3 is 2.16 bits per heavy atom. The maximum absolute atomic E-state index is 12.6. The Morgan fingerprint density at radius 1 is 1.00 bits per heavy atom. The molecule has 0 aliphatic rings. The van der Waals surface area contributed by atoms with E-state index < -0.39 is 15.6 Å². The summed E-state index contributed by atoms with van der Waals surface area (Å²) in [5.41, 5.74) is 1.57. The van der Waals surface area contributed by atoms with Crippen molar-refractivity contribution in [3.05, 3.63) is 71.8 Å². The summed E-state index contributed by atoms with van der Waals surface area (Å²) < 4.78 is 27.8. The SMILES string of the molecule is Cc1ccc(S(=O)(=O)NC(/C=C/c2ccccc2)=NC(C)(C)C)cc1. The lowest BCUT2D eigenvalue weighted by atomic mass is 10.1. The van der Waals surface area contributed by atoms with Crippen LogP contribution < -0.4 is 4.72 Å². The van der Waals surface area contributed by atoms with Crippen LogP contribution in [0.5, 0.6) is 0 Å². The highest BCUT2D eigenvalue weighted by molar-refractivity contribution is 7.90. The monoisotopic (exact) mass is 356 g/mol. The highest BCUT2D eigenvalue weighted by Gasteiger charge is 2.17. The number of rotatable bonds is 4. The van der Waals surface area contributed by atoms with E-state index in [4.69, 9.17) is 0 Å². The van der Waals surface area contributed by atoms with Gasteiger partial charge in [0, 0.05) is 0 Å². The molecule has 2 aromatic carbocycles. The number of aryl methyl sites for hydroxylation is 1. The second kappa shape index (κ2) is 7.66. The zero-order valence-electron chi connectivity index (χ0n) is 15.0. The van der Waals surface area contributed by atoms with Gasteiger partial charge in [-0.3, -0.25) is 9.71 Å². The van der Waals surface area contributed by atoms with Crippen LogP contribution in [0, 0.1) is 6.92 Å². The number of sulfonamides is 1. The van der Waals surface area contributed by atoms with Gasteiger partial charge in [-0.05, 0) is 51.5 Å². The van der Waals surface area contributed by atoms with E-state index in [1.54, 1.807) is 30.3 Å². The minimum atomic E-state index is -3.69. The Kier molecular flexibility index (Phi) is 5.80. The molecule has 0 heterocycles. The van der Waals surface area contributed by atoms with Crippen molar-refractivity contribution in [2.24, 2.45) is 4.99 Å². The summed E-state index contributed by atoms with van der Waals surface area (Å²) in [6, 6.07) is 16.4. The Bertz CT molecular complexity index is 860. The molecule has 25 heavy (non-hydrogen) atoms. The topological polar surface area (TPSA) is 58.5 Å². The molecule has 0 saturated carbocycles. The van der Waals surface area contributed by atoms with Crippen molar-refractivity contribution in [2.75, 3.05) is 0 Å². The van der Waals surface area contributed by atoms with Crippen LogP contribution in [-0.4, -0.2) is 19.8 Å². The van der Waals surface area contributed by atoms with E-state index in [9.17, 15) is 8.42 Å². The molecule has 5 heteroatoms.